The van der Waals surface area contributed by atoms with Gasteiger partial charge in [0.15, 0.2) is 5.13 Å². The highest BCUT2D eigenvalue weighted by Gasteiger charge is 2.12. The maximum absolute atomic E-state index is 13.3. The molecule has 0 unspecified atom stereocenters. The third-order valence-electron chi connectivity index (χ3n) is 4.21. The summed E-state index contributed by atoms with van der Waals surface area (Å²) in [6.45, 7) is 2.01. The Balaban J connectivity index is 1.33. The van der Waals surface area contributed by atoms with E-state index in [1.165, 1.54) is 23.5 Å². The number of amides is 1. The molecule has 0 saturated heterocycles. The number of rotatable bonds is 6. The maximum atomic E-state index is 13.3. The molecule has 146 valence electrons. The van der Waals surface area contributed by atoms with Crippen LogP contribution in [0.2, 0.25) is 0 Å². The van der Waals surface area contributed by atoms with Crippen LogP contribution in [-0.4, -0.2) is 21.0 Å². The van der Waals surface area contributed by atoms with Gasteiger partial charge in [0.2, 0.25) is 17.6 Å². The topological polar surface area (TPSA) is 80.9 Å². The number of anilines is 1. The SMILES string of the molecule is Cc1ccc(-c2noc(CCC(=O)Nc3nc(-c4cccc(F)c4)cs3)n2)cc1. The van der Waals surface area contributed by atoms with E-state index in [4.69, 9.17) is 4.52 Å². The summed E-state index contributed by atoms with van der Waals surface area (Å²) >= 11 is 1.29. The third kappa shape index (κ3) is 4.72. The quantitative estimate of drug-likeness (QED) is 0.492. The molecule has 6 nitrogen and oxygen atoms in total. The smallest absolute Gasteiger partial charge is 0.227 e. The number of hydrogen-bond donors (Lipinski definition) is 1. The van der Waals surface area contributed by atoms with Gasteiger partial charge < -0.3 is 9.84 Å². The Kier molecular flexibility index (Phi) is 5.44. The Hall–Kier alpha value is -3.39. The van der Waals surface area contributed by atoms with Crippen molar-refractivity contribution in [1.82, 2.24) is 15.1 Å². The summed E-state index contributed by atoms with van der Waals surface area (Å²) in [6.07, 6.45) is 0.511. The zero-order chi connectivity index (χ0) is 20.2. The molecule has 0 aliphatic rings. The molecule has 2 aromatic carbocycles. The lowest BCUT2D eigenvalue weighted by Crippen LogP contribution is -2.12. The Bertz CT molecular complexity index is 1140. The van der Waals surface area contributed by atoms with Crippen LogP contribution in [-0.2, 0) is 11.2 Å². The van der Waals surface area contributed by atoms with E-state index in [1.54, 1.807) is 17.5 Å². The molecule has 29 heavy (non-hydrogen) atoms. The molecule has 4 aromatic rings. The van der Waals surface area contributed by atoms with Crippen molar-refractivity contribution in [3.8, 4) is 22.6 Å². The molecule has 4 rings (SSSR count). The minimum atomic E-state index is -0.328. The first-order chi connectivity index (χ1) is 14.1. The Morgan fingerprint density at radius 3 is 2.76 bits per heavy atom. The predicted octanol–water partition coefficient (Wildman–Crippen LogP) is 4.88. The van der Waals surface area contributed by atoms with Gasteiger partial charge in [-0.3, -0.25) is 4.79 Å². The summed E-state index contributed by atoms with van der Waals surface area (Å²) in [6, 6.07) is 14.0. The fourth-order valence-electron chi connectivity index (χ4n) is 2.69. The first-order valence-corrected chi connectivity index (χ1v) is 9.86. The average Bonchev–Trinajstić information content (AvgIpc) is 3.37. The van der Waals surface area contributed by atoms with E-state index in [1.807, 2.05) is 31.2 Å². The van der Waals surface area contributed by atoms with Gasteiger partial charge in [-0.1, -0.05) is 47.1 Å². The second-order valence-corrected chi connectivity index (χ2v) is 7.33. The molecule has 1 N–H and O–H groups in total. The number of benzene rings is 2. The predicted molar refractivity (Wildman–Crippen MR) is 109 cm³/mol. The molecule has 2 heterocycles. The number of hydrogen-bond acceptors (Lipinski definition) is 6. The van der Waals surface area contributed by atoms with E-state index in [0.29, 0.717) is 34.5 Å². The first-order valence-electron chi connectivity index (χ1n) is 8.98. The van der Waals surface area contributed by atoms with Crippen molar-refractivity contribution in [1.29, 1.82) is 0 Å². The summed E-state index contributed by atoms with van der Waals surface area (Å²) in [5.74, 6) is 0.362. The lowest BCUT2D eigenvalue weighted by Gasteiger charge is -2.00. The Labute approximate surface area is 170 Å². The lowest BCUT2D eigenvalue weighted by molar-refractivity contribution is -0.116. The van der Waals surface area contributed by atoms with E-state index >= 15 is 0 Å². The van der Waals surface area contributed by atoms with Crippen LogP contribution in [0.3, 0.4) is 0 Å². The Morgan fingerprint density at radius 2 is 1.97 bits per heavy atom. The first kappa shape index (κ1) is 18.9. The van der Waals surface area contributed by atoms with E-state index < -0.39 is 0 Å². The van der Waals surface area contributed by atoms with Gasteiger partial charge in [-0.05, 0) is 19.1 Å². The molecular formula is C21H17FN4O2S. The van der Waals surface area contributed by atoms with Gasteiger partial charge in [0.05, 0.1) is 5.69 Å². The van der Waals surface area contributed by atoms with Gasteiger partial charge >= 0.3 is 0 Å². The van der Waals surface area contributed by atoms with Crippen LogP contribution in [0.4, 0.5) is 9.52 Å². The monoisotopic (exact) mass is 408 g/mol. The van der Waals surface area contributed by atoms with Crippen molar-refractivity contribution in [2.24, 2.45) is 0 Å². The molecule has 2 aromatic heterocycles. The summed E-state index contributed by atoms with van der Waals surface area (Å²) in [5.41, 5.74) is 3.29. The molecule has 0 aliphatic carbocycles. The minimum absolute atomic E-state index is 0.185. The summed E-state index contributed by atoms with van der Waals surface area (Å²) < 4.78 is 18.6. The minimum Gasteiger partial charge on any atom is -0.339 e. The van der Waals surface area contributed by atoms with Gasteiger partial charge in [0.1, 0.15) is 5.82 Å². The number of nitrogens with one attached hydrogen (secondary N) is 1. The van der Waals surface area contributed by atoms with Crippen LogP contribution in [0.15, 0.2) is 58.4 Å². The van der Waals surface area contributed by atoms with Gasteiger partial charge in [-0.2, -0.15) is 4.98 Å². The van der Waals surface area contributed by atoms with Crippen molar-refractivity contribution in [3.63, 3.8) is 0 Å². The molecule has 0 aliphatic heterocycles. The molecule has 0 bridgehead atoms. The second kappa shape index (κ2) is 8.32. The van der Waals surface area contributed by atoms with E-state index in [-0.39, 0.29) is 18.1 Å². The number of aromatic nitrogens is 3. The van der Waals surface area contributed by atoms with Crippen LogP contribution >= 0.6 is 11.3 Å². The molecular weight excluding hydrogens is 391 g/mol. The van der Waals surface area contributed by atoms with Crippen LogP contribution in [0.1, 0.15) is 17.9 Å². The van der Waals surface area contributed by atoms with Crippen molar-refractivity contribution >= 4 is 22.4 Å². The van der Waals surface area contributed by atoms with Crippen LogP contribution in [0, 0.1) is 12.7 Å². The van der Waals surface area contributed by atoms with Crippen molar-refractivity contribution in [2.75, 3.05) is 5.32 Å². The second-order valence-electron chi connectivity index (χ2n) is 6.47. The fraction of sp³-hybridized carbons (Fsp3) is 0.143. The van der Waals surface area contributed by atoms with E-state index in [9.17, 15) is 9.18 Å². The number of nitrogens with zero attached hydrogens (tertiary/aromatic N) is 3. The Morgan fingerprint density at radius 1 is 1.14 bits per heavy atom. The summed E-state index contributed by atoms with van der Waals surface area (Å²) in [4.78, 5) is 20.9. The largest absolute Gasteiger partial charge is 0.339 e. The highest BCUT2D eigenvalue weighted by molar-refractivity contribution is 7.14. The molecule has 0 radical (unpaired) electrons. The summed E-state index contributed by atoms with van der Waals surface area (Å²) in [7, 11) is 0. The highest BCUT2D eigenvalue weighted by Crippen LogP contribution is 2.25. The van der Waals surface area contributed by atoms with Crippen LogP contribution < -0.4 is 5.32 Å². The maximum Gasteiger partial charge on any atom is 0.227 e. The standard InChI is InChI=1S/C21H17FN4O2S/c1-13-5-7-14(8-6-13)20-25-19(28-26-20)10-9-18(27)24-21-23-17(12-29-21)15-3-2-4-16(22)11-15/h2-8,11-12H,9-10H2,1H3,(H,23,24,27). The fourth-order valence-corrected chi connectivity index (χ4v) is 3.43. The molecule has 0 atom stereocenters. The molecule has 0 fully saturated rings. The molecule has 1 amide bonds. The molecule has 8 heteroatoms. The van der Waals surface area contributed by atoms with Crippen molar-refractivity contribution in [3.05, 3.63) is 71.2 Å². The number of halogens is 1. The zero-order valence-corrected chi connectivity index (χ0v) is 16.4. The number of thiazole rings is 1. The van der Waals surface area contributed by atoms with Crippen LogP contribution in [0.5, 0.6) is 0 Å². The third-order valence-corrected chi connectivity index (χ3v) is 4.97. The molecule has 0 saturated carbocycles. The zero-order valence-electron chi connectivity index (χ0n) is 15.6. The van der Waals surface area contributed by atoms with Gasteiger partial charge in [0, 0.05) is 29.3 Å². The number of carbonyl (C=O) groups excluding carboxylic acids is 1. The van der Waals surface area contributed by atoms with E-state index in [2.05, 4.69) is 20.4 Å². The normalized spacial score (nSPS) is 10.8. The van der Waals surface area contributed by atoms with Gasteiger partial charge in [-0.15, -0.1) is 11.3 Å². The van der Waals surface area contributed by atoms with Gasteiger partial charge in [-0.25, -0.2) is 9.37 Å². The average molecular weight is 408 g/mol. The summed E-state index contributed by atoms with van der Waals surface area (Å²) in [5, 5.41) is 8.94. The number of carbonyl (C=O) groups is 1. The van der Waals surface area contributed by atoms with Gasteiger partial charge in [0.25, 0.3) is 0 Å². The van der Waals surface area contributed by atoms with Crippen LogP contribution in [0.25, 0.3) is 22.6 Å². The van der Waals surface area contributed by atoms with E-state index in [0.717, 1.165) is 11.1 Å². The van der Waals surface area contributed by atoms with Crippen molar-refractivity contribution in [2.45, 2.75) is 19.8 Å². The highest BCUT2D eigenvalue weighted by atomic mass is 32.1. The molecule has 0 spiro atoms. The lowest BCUT2D eigenvalue weighted by atomic mass is 10.1. The number of aryl methyl sites for hydroxylation is 2. The van der Waals surface area contributed by atoms with Crippen molar-refractivity contribution < 1.29 is 13.7 Å².